The van der Waals surface area contributed by atoms with Crippen molar-refractivity contribution in [2.24, 2.45) is 0 Å². The molecular formula is C33H35F3N2O8. The Morgan fingerprint density at radius 3 is 2.04 bits per heavy atom. The van der Waals surface area contributed by atoms with Gasteiger partial charge in [-0.05, 0) is 85.9 Å². The van der Waals surface area contributed by atoms with Gasteiger partial charge in [0.25, 0.3) is 0 Å². The summed E-state index contributed by atoms with van der Waals surface area (Å²) in [4.78, 5) is 36.7. The van der Waals surface area contributed by atoms with E-state index in [4.69, 9.17) is 35.2 Å². The Morgan fingerprint density at radius 1 is 0.739 bits per heavy atom. The fraction of sp³-hybridized carbons (Fsp3) is 0.303. The highest BCUT2D eigenvalue weighted by Gasteiger charge is 2.26. The summed E-state index contributed by atoms with van der Waals surface area (Å²) in [5, 5.41) is 0. The normalized spacial score (nSPS) is 11.2. The number of esters is 3. The summed E-state index contributed by atoms with van der Waals surface area (Å²) in [5.41, 5.74) is 13.2. The zero-order chi connectivity index (χ0) is 33.5. The lowest BCUT2D eigenvalue weighted by Crippen LogP contribution is -2.10. The molecule has 0 aromatic heterocycles. The Labute approximate surface area is 264 Å². The minimum Gasteiger partial charge on any atom is -0.493 e. The Bertz CT molecular complexity index is 1490. The minimum absolute atomic E-state index is 0.0549. The van der Waals surface area contributed by atoms with E-state index in [0.29, 0.717) is 35.5 Å². The molecule has 3 rings (SSSR count). The first kappa shape index (κ1) is 35.3. The van der Waals surface area contributed by atoms with Crippen LogP contribution >= 0.6 is 0 Å². The topological polar surface area (TPSA) is 149 Å². The summed E-state index contributed by atoms with van der Waals surface area (Å²) in [6.07, 6.45) is -1.15. The van der Waals surface area contributed by atoms with Gasteiger partial charge in [-0.1, -0.05) is 12.1 Å². The fourth-order valence-corrected chi connectivity index (χ4v) is 3.97. The number of nitrogens with two attached hydrogens (primary N) is 2. The van der Waals surface area contributed by atoms with Crippen molar-refractivity contribution in [3.63, 3.8) is 0 Å². The van der Waals surface area contributed by atoms with Crippen molar-refractivity contribution in [2.45, 2.75) is 38.3 Å². The first-order valence-corrected chi connectivity index (χ1v) is 14.3. The predicted molar refractivity (Wildman–Crippen MR) is 165 cm³/mol. The number of nitrogen functional groups attached to an aromatic ring is 2. The van der Waals surface area contributed by atoms with Crippen LogP contribution in [0.3, 0.4) is 0 Å². The van der Waals surface area contributed by atoms with Gasteiger partial charge in [-0.15, -0.1) is 0 Å². The zero-order valence-electron chi connectivity index (χ0n) is 25.1. The van der Waals surface area contributed by atoms with Crippen LogP contribution in [0.25, 0.3) is 6.08 Å². The number of methoxy groups -OCH3 is 1. The van der Waals surface area contributed by atoms with Crippen LogP contribution in [-0.4, -0.2) is 51.0 Å². The van der Waals surface area contributed by atoms with Crippen LogP contribution in [-0.2, 0) is 14.3 Å². The monoisotopic (exact) mass is 644 g/mol. The Morgan fingerprint density at radius 2 is 1.39 bits per heavy atom. The molecule has 10 nitrogen and oxygen atoms in total. The quantitative estimate of drug-likeness (QED) is 0.0591. The van der Waals surface area contributed by atoms with E-state index in [1.807, 2.05) is 0 Å². The smallest absolute Gasteiger partial charge is 0.389 e. The Hall–Kier alpha value is -5.20. The standard InChI is InChI=1S/C33H35F3N2O8/c1-42-29-20-23(9-12-28(29)43-15-3-2-14-33(34,35)36)32(41)46-27-10-6-22(7-11-27)8-13-30(39)44-16-4-5-17-45-31(40)24-18-25(37)21-26(38)19-24/h6-13,18-21H,2-5,14-17,37-38H2,1H3/b13-8+. The van der Waals surface area contributed by atoms with Crippen LogP contribution in [0.5, 0.6) is 17.2 Å². The van der Waals surface area contributed by atoms with Crippen molar-refractivity contribution in [1.82, 2.24) is 0 Å². The molecule has 46 heavy (non-hydrogen) atoms. The van der Waals surface area contributed by atoms with Crippen LogP contribution in [0.15, 0.2) is 66.7 Å². The van der Waals surface area contributed by atoms with Gasteiger partial charge in [0.1, 0.15) is 5.75 Å². The van der Waals surface area contributed by atoms with Crippen LogP contribution in [0, 0.1) is 0 Å². The molecule has 4 N–H and O–H groups in total. The average Bonchev–Trinajstić information content (AvgIpc) is 3.01. The number of benzene rings is 3. The summed E-state index contributed by atoms with van der Waals surface area (Å²) < 4.78 is 63.3. The van der Waals surface area contributed by atoms with E-state index in [1.54, 1.807) is 30.3 Å². The third-order valence-electron chi connectivity index (χ3n) is 6.24. The van der Waals surface area contributed by atoms with Crippen molar-refractivity contribution >= 4 is 35.4 Å². The third kappa shape index (κ3) is 12.4. The van der Waals surface area contributed by atoms with Gasteiger partial charge in [-0.3, -0.25) is 0 Å². The van der Waals surface area contributed by atoms with Crippen molar-refractivity contribution in [1.29, 1.82) is 0 Å². The van der Waals surface area contributed by atoms with Gasteiger partial charge < -0.3 is 35.2 Å². The van der Waals surface area contributed by atoms with E-state index < -0.39 is 30.5 Å². The molecule has 0 atom stereocenters. The second-order valence-corrected chi connectivity index (χ2v) is 9.98. The van der Waals surface area contributed by atoms with Gasteiger partial charge in [0, 0.05) is 23.9 Å². The van der Waals surface area contributed by atoms with Gasteiger partial charge in [0.05, 0.1) is 38.1 Å². The van der Waals surface area contributed by atoms with E-state index in [-0.39, 0.29) is 55.3 Å². The number of ether oxygens (including phenoxy) is 5. The second kappa shape index (κ2) is 17.3. The van der Waals surface area contributed by atoms with E-state index >= 15 is 0 Å². The largest absolute Gasteiger partial charge is 0.493 e. The van der Waals surface area contributed by atoms with Gasteiger partial charge in [0.15, 0.2) is 11.5 Å². The molecule has 0 bridgehead atoms. The maximum Gasteiger partial charge on any atom is 0.389 e. The maximum atomic E-state index is 12.6. The molecule has 0 aliphatic rings. The predicted octanol–water partition coefficient (Wildman–Crippen LogP) is 6.38. The molecule has 0 unspecified atom stereocenters. The van der Waals surface area contributed by atoms with Crippen LogP contribution in [0.4, 0.5) is 24.5 Å². The van der Waals surface area contributed by atoms with Gasteiger partial charge in [0.2, 0.25) is 0 Å². The molecule has 0 radical (unpaired) electrons. The molecule has 0 aliphatic carbocycles. The molecule has 3 aromatic carbocycles. The highest BCUT2D eigenvalue weighted by molar-refractivity contribution is 5.92. The molecule has 0 saturated heterocycles. The fourth-order valence-electron chi connectivity index (χ4n) is 3.97. The zero-order valence-corrected chi connectivity index (χ0v) is 25.1. The second-order valence-electron chi connectivity index (χ2n) is 9.98. The lowest BCUT2D eigenvalue weighted by molar-refractivity contribution is -0.138. The molecular weight excluding hydrogens is 609 g/mol. The van der Waals surface area contributed by atoms with Crippen molar-refractivity contribution < 1.29 is 51.2 Å². The number of hydrogen-bond donors (Lipinski definition) is 2. The molecule has 3 aromatic rings. The highest BCUT2D eigenvalue weighted by atomic mass is 19.4. The molecule has 0 aliphatic heterocycles. The number of unbranched alkanes of at least 4 members (excludes halogenated alkanes) is 2. The first-order valence-electron chi connectivity index (χ1n) is 14.3. The third-order valence-corrected chi connectivity index (χ3v) is 6.24. The number of alkyl halides is 3. The SMILES string of the molecule is COc1cc(C(=O)Oc2ccc(/C=C/C(=O)OCCCCOC(=O)c3cc(N)cc(N)c3)cc2)ccc1OCCCCC(F)(F)F. The van der Waals surface area contributed by atoms with E-state index in [0.717, 1.165) is 0 Å². The number of hydrogen-bond acceptors (Lipinski definition) is 10. The van der Waals surface area contributed by atoms with Crippen molar-refractivity contribution in [3.8, 4) is 17.2 Å². The first-order chi connectivity index (χ1) is 21.9. The maximum absolute atomic E-state index is 12.6. The van der Waals surface area contributed by atoms with Crippen LogP contribution in [0.2, 0.25) is 0 Å². The highest BCUT2D eigenvalue weighted by Crippen LogP contribution is 2.29. The number of halogens is 3. The molecule has 0 spiro atoms. The van der Waals surface area contributed by atoms with E-state index in [9.17, 15) is 27.6 Å². The molecule has 0 saturated carbocycles. The van der Waals surface area contributed by atoms with Crippen LogP contribution in [0.1, 0.15) is 58.4 Å². The molecule has 0 fully saturated rings. The lowest BCUT2D eigenvalue weighted by Gasteiger charge is -2.12. The summed E-state index contributed by atoms with van der Waals surface area (Å²) >= 11 is 0. The number of carbonyl (C=O) groups is 3. The molecule has 0 heterocycles. The van der Waals surface area contributed by atoms with E-state index in [2.05, 4.69) is 0 Å². The summed E-state index contributed by atoms with van der Waals surface area (Å²) in [6.45, 7) is 0.347. The lowest BCUT2D eigenvalue weighted by atomic mass is 10.2. The van der Waals surface area contributed by atoms with E-state index in [1.165, 1.54) is 49.6 Å². The number of anilines is 2. The van der Waals surface area contributed by atoms with Crippen molar-refractivity contribution in [3.05, 3.63) is 83.4 Å². The average molecular weight is 645 g/mol. The molecule has 0 amide bonds. The summed E-state index contributed by atoms with van der Waals surface area (Å²) in [5.74, 6) is -0.964. The molecule has 246 valence electrons. The molecule has 13 heteroatoms. The van der Waals surface area contributed by atoms with Gasteiger partial charge in [-0.2, -0.15) is 13.2 Å². The van der Waals surface area contributed by atoms with Crippen LogP contribution < -0.4 is 25.7 Å². The van der Waals surface area contributed by atoms with Crippen molar-refractivity contribution in [2.75, 3.05) is 38.4 Å². The number of carbonyl (C=O) groups excluding carboxylic acids is 3. The summed E-state index contributed by atoms with van der Waals surface area (Å²) in [6, 6.07) is 15.2. The van der Waals surface area contributed by atoms with Gasteiger partial charge >= 0.3 is 24.1 Å². The minimum atomic E-state index is -4.20. The Kier molecular flexibility index (Phi) is 13.3. The summed E-state index contributed by atoms with van der Waals surface area (Å²) in [7, 11) is 1.38. The van der Waals surface area contributed by atoms with Gasteiger partial charge in [-0.25, -0.2) is 14.4 Å². The Balaban J connectivity index is 1.37. The number of rotatable bonds is 16.